The third-order valence-corrected chi connectivity index (χ3v) is 9.29. The summed E-state index contributed by atoms with van der Waals surface area (Å²) in [7, 11) is 0. The molecule has 5 atom stereocenters. The number of ether oxygens (including phenoxy) is 6. The molecule has 0 unspecified atom stereocenters. The van der Waals surface area contributed by atoms with E-state index >= 15 is 0 Å². The molecule has 0 aromatic heterocycles. The van der Waals surface area contributed by atoms with Gasteiger partial charge >= 0.3 is 0 Å². The molecule has 8 heteroatoms. The first-order chi connectivity index (χ1) is 25.6. The monoisotopic (exact) mass is 717 g/mol. The van der Waals surface area contributed by atoms with Gasteiger partial charge in [0.25, 0.3) is 0 Å². The van der Waals surface area contributed by atoms with Crippen molar-refractivity contribution in [2.45, 2.75) is 70.3 Å². The largest absolute Gasteiger partial charge is 0.493 e. The lowest BCUT2D eigenvalue weighted by Crippen LogP contribution is -2.58. The standard InChI is InChI=1S/C44H44ClNO6/c1-2-48-39-26-38(45)36(23-24-46)25-37(39)41-43(50-29-34-19-11-5-12-20-34)44(51-30-35-21-13-6-14-22-35)42(49-28-33-17-9-4-10-18-33)40(52-41)31-47-27-32-15-7-3-8-16-32/h3-22,25-26,40-44H,2,23,27-31H2,1H3/t40-,41+,42-,43+,44+/m1/s1. The smallest absolute Gasteiger partial charge is 0.126 e. The molecule has 0 saturated carbocycles. The summed E-state index contributed by atoms with van der Waals surface area (Å²) >= 11 is 6.69. The summed E-state index contributed by atoms with van der Waals surface area (Å²) in [5.41, 5.74) is 5.49. The molecular formula is C44H44ClNO6. The Bertz CT molecular complexity index is 1840. The number of rotatable bonds is 17. The Hall–Kier alpha value is -4.52. The first kappa shape index (κ1) is 37.2. The second kappa shape index (κ2) is 19.4. The van der Waals surface area contributed by atoms with Crippen molar-refractivity contribution < 1.29 is 28.4 Å². The summed E-state index contributed by atoms with van der Waals surface area (Å²) in [6, 6.07) is 46.1. The van der Waals surface area contributed by atoms with Gasteiger partial charge in [-0.25, -0.2) is 0 Å². The summed E-state index contributed by atoms with van der Waals surface area (Å²) in [6.07, 6.45) is -2.99. The molecule has 7 nitrogen and oxygen atoms in total. The third kappa shape index (κ3) is 10.1. The predicted molar refractivity (Wildman–Crippen MR) is 201 cm³/mol. The molecule has 0 N–H and O–H groups in total. The second-order valence-corrected chi connectivity index (χ2v) is 13.0. The molecule has 0 aliphatic carbocycles. The number of hydrogen-bond donors (Lipinski definition) is 0. The van der Waals surface area contributed by atoms with E-state index < -0.39 is 30.5 Å². The van der Waals surface area contributed by atoms with Crippen LogP contribution in [0.15, 0.2) is 133 Å². The van der Waals surface area contributed by atoms with Gasteiger partial charge in [0.15, 0.2) is 0 Å². The van der Waals surface area contributed by atoms with E-state index in [4.69, 9.17) is 40.0 Å². The lowest BCUT2D eigenvalue weighted by atomic mass is 9.89. The molecule has 1 saturated heterocycles. The van der Waals surface area contributed by atoms with E-state index in [1.54, 1.807) is 6.07 Å². The van der Waals surface area contributed by atoms with E-state index in [-0.39, 0.29) is 13.0 Å². The summed E-state index contributed by atoms with van der Waals surface area (Å²) in [5.74, 6) is 0.557. The highest BCUT2D eigenvalue weighted by Crippen LogP contribution is 2.43. The van der Waals surface area contributed by atoms with Crippen molar-refractivity contribution in [2.24, 2.45) is 0 Å². The summed E-state index contributed by atoms with van der Waals surface area (Å²) in [6.45, 7) is 3.92. The Kier molecular flexibility index (Phi) is 13.9. The maximum absolute atomic E-state index is 9.67. The van der Waals surface area contributed by atoms with E-state index in [0.717, 1.165) is 27.8 Å². The Balaban J connectivity index is 1.42. The van der Waals surface area contributed by atoms with Crippen LogP contribution in [-0.2, 0) is 56.5 Å². The molecule has 5 aromatic rings. The average Bonchev–Trinajstić information content (AvgIpc) is 3.18. The zero-order chi connectivity index (χ0) is 36.0. The van der Waals surface area contributed by atoms with Gasteiger partial charge in [-0.05, 0) is 46.9 Å². The molecule has 0 radical (unpaired) electrons. The van der Waals surface area contributed by atoms with Gasteiger partial charge in [-0.3, -0.25) is 0 Å². The maximum atomic E-state index is 9.67. The third-order valence-electron chi connectivity index (χ3n) is 8.94. The lowest BCUT2D eigenvalue weighted by Gasteiger charge is -2.46. The molecule has 0 spiro atoms. The van der Waals surface area contributed by atoms with Crippen LogP contribution in [-0.4, -0.2) is 37.6 Å². The number of nitriles is 1. The van der Waals surface area contributed by atoms with E-state index in [0.29, 0.717) is 49.4 Å². The van der Waals surface area contributed by atoms with Crippen LogP contribution >= 0.6 is 11.6 Å². The van der Waals surface area contributed by atoms with E-state index in [2.05, 4.69) is 6.07 Å². The fraction of sp³-hybridized carbons (Fsp3) is 0.295. The normalized spacial score (nSPS) is 19.9. The van der Waals surface area contributed by atoms with Gasteiger partial charge in [0.05, 0.1) is 52.1 Å². The zero-order valence-electron chi connectivity index (χ0n) is 29.3. The Morgan fingerprint density at radius 3 is 1.62 bits per heavy atom. The van der Waals surface area contributed by atoms with Crippen molar-refractivity contribution in [1.82, 2.24) is 0 Å². The minimum absolute atomic E-state index is 0.126. The number of benzene rings is 5. The van der Waals surface area contributed by atoms with Crippen LogP contribution in [0.25, 0.3) is 0 Å². The molecule has 1 heterocycles. The van der Waals surface area contributed by atoms with Gasteiger partial charge in [-0.1, -0.05) is 133 Å². The van der Waals surface area contributed by atoms with Crippen LogP contribution in [0.1, 0.15) is 46.4 Å². The van der Waals surface area contributed by atoms with Crippen LogP contribution < -0.4 is 4.74 Å². The number of nitrogens with zero attached hydrogens (tertiary/aromatic N) is 1. The van der Waals surface area contributed by atoms with Crippen molar-refractivity contribution in [2.75, 3.05) is 13.2 Å². The predicted octanol–water partition coefficient (Wildman–Crippen LogP) is 9.22. The zero-order valence-corrected chi connectivity index (χ0v) is 30.1. The lowest BCUT2D eigenvalue weighted by molar-refractivity contribution is -0.275. The van der Waals surface area contributed by atoms with Crippen molar-refractivity contribution in [1.29, 1.82) is 5.26 Å². The highest BCUT2D eigenvalue weighted by atomic mass is 35.5. The van der Waals surface area contributed by atoms with Crippen LogP contribution in [0.4, 0.5) is 0 Å². The maximum Gasteiger partial charge on any atom is 0.126 e. The molecule has 268 valence electrons. The highest BCUT2D eigenvalue weighted by molar-refractivity contribution is 6.31. The second-order valence-electron chi connectivity index (χ2n) is 12.6. The molecular weight excluding hydrogens is 674 g/mol. The Labute approximate surface area is 311 Å². The molecule has 6 rings (SSSR count). The number of hydrogen-bond acceptors (Lipinski definition) is 7. The first-order valence-corrected chi connectivity index (χ1v) is 18.1. The van der Waals surface area contributed by atoms with E-state index in [1.807, 2.05) is 134 Å². The fourth-order valence-corrected chi connectivity index (χ4v) is 6.60. The molecule has 5 aromatic carbocycles. The highest BCUT2D eigenvalue weighted by Gasteiger charge is 2.50. The van der Waals surface area contributed by atoms with Gasteiger partial charge < -0.3 is 28.4 Å². The van der Waals surface area contributed by atoms with Crippen LogP contribution in [0.2, 0.25) is 5.02 Å². The average molecular weight is 718 g/mol. The minimum Gasteiger partial charge on any atom is -0.493 e. The van der Waals surface area contributed by atoms with Crippen LogP contribution in [0.3, 0.4) is 0 Å². The van der Waals surface area contributed by atoms with Crippen LogP contribution in [0, 0.1) is 11.3 Å². The van der Waals surface area contributed by atoms with Gasteiger partial charge in [-0.2, -0.15) is 5.26 Å². The Morgan fingerprint density at radius 2 is 1.12 bits per heavy atom. The Morgan fingerprint density at radius 1 is 0.635 bits per heavy atom. The summed E-state index contributed by atoms with van der Waals surface area (Å²) in [5, 5.41) is 10.1. The van der Waals surface area contributed by atoms with Crippen molar-refractivity contribution in [3.63, 3.8) is 0 Å². The minimum atomic E-state index is -0.692. The fourth-order valence-electron chi connectivity index (χ4n) is 6.38. The van der Waals surface area contributed by atoms with Crippen molar-refractivity contribution >= 4 is 11.6 Å². The van der Waals surface area contributed by atoms with Crippen molar-refractivity contribution in [3.05, 3.63) is 172 Å². The van der Waals surface area contributed by atoms with Gasteiger partial charge in [-0.15, -0.1) is 0 Å². The molecule has 0 amide bonds. The quantitative estimate of drug-likeness (QED) is 0.0949. The summed E-state index contributed by atoms with van der Waals surface area (Å²) < 4.78 is 40.2. The van der Waals surface area contributed by atoms with E-state index in [9.17, 15) is 5.26 Å². The molecule has 1 fully saturated rings. The van der Waals surface area contributed by atoms with Gasteiger partial charge in [0.2, 0.25) is 0 Å². The van der Waals surface area contributed by atoms with Gasteiger partial charge in [0, 0.05) is 10.6 Å². The molecule has 1 aliphatic rings. The van der Waals surface area contributed by atoms with Gasteiger partial charge in [0.1, 0.15) is 36.3 Å². The molecule has 0 bridgehead atoms. The van der Waals surface area contributed by atoms with Crippen LogP contribution in [0.5, 0.6) is 5.75 Å². The molecule has 1 aliphatic heterocycles. The molecule has 52 heavy (non-hydrogen) atoms. The van der Waals surface area contributed by atoms with Crippen molar-refractivity contribution in [3.8, 4) is 11.8 Å². The number of halogens is 1. The first-order valence-electron chi connectivity index (χ1n) is 17.7. The SMILES string of the molecule is CCOc1cc(Cl)c(CC#N)cc1[C@@H]1O[C@H](COCc2ccccc2)[C@@H](OCc2ccccc2)[C@H](OCc2ccccc2)[C@H]1OCc1ccccc1. The van der Waals surface area contributed by atoms with E-state index in [1.165, 1.54) is 0 Å². The summed E-state index contributed by atoms with van der Waals surface area (Å²) in [4.78, 5) is 0. The topological polar surface area (TPSA) is 79.2 Å².